The van der Waals surface area contributed by atoms with Crippen molar-refractivity contribution in [2.75, 3.05) is 46.6 Å². The lowest BCUT2D eigenvalue weighted by Crippen LogP contribution is -2.68. The van der Waals surface area contributed by atoms with Crippen molar-refractivity contribution in [2.45, 2.75) is 114 Å². The maximum absolute atomic E-state index is 14.7. The van der Waals surface area contributed by atoms with E-state index in [-0.39, 0.29) is 12.8 Å². The zero-order valence-corrected chi connectivity index (χ0v) is 46.3. The minimum Gasteiger partial charge on any atom is -0.480 e. The predicted octanol–water partition coefficient (Wildman–Crippen LogP) is -5.44. The molecule has 1 saturated heterocycles. The molecule has 32 nitrogen and oxygen atoms in total. The summed E-state index contributed by atoms with van der Waals surface area (Å²) in [7, 11) is -4.15. The fraction of sp³-hybridized carbons (Fsp3) is 0.510. The van der Waals surface area contributed by atoms with Gasteiger partial charge in [0.25, 0.3) is 0 Å². The monoisotopic (exact) mass is 1180 g/mol. The summed E-state index contributed by atoms with van der Waals surface area (Å²) >= 11 is 0. The number of ether oxygens (including phenoxy) is 4. The zero-order chi connectivity index (χ0) is 61.3. The van der Waals surface area contributed by atoms with E-state index in [0.717, 1.165) is 34.8 Å². The number of hydrogen-bond acceptors (Lipinski definition) is 22. The summed E-state index contributed by atoms with van der Waals surface area (Å²) in [5, 5.41) is 49.7. The third-order valence-corrected chi connectivity index (χ3v) is 13.1. The number of aliphatic hydroxyl groups is 2. The topological polar surface area (TPSA) is 472 Å². The van der Waals surface area contributed by atoms with Gasteiger partial charge in [0.2, 0.25) is 47.3 Å². The second-order valence-corrected chi connectivity index (χ2v) is 19.9. The van der Waals surface area contributed by atoms with E-state index in [1.807, 2.05) is 5.32 Å². The van der Waals surface area contributed by atoms with Gasteiger partial charge in [0.05, 0.1) is 26.4 Å². The van der Waals surface area contributed by atoms with E-state index in [1.165, 1.54) is 19.1 Å². The molecule has 1 heterocycles. The van der Waals surface area contributed by atoms with Crippen molar-refractivity contribution in [1.82, 2.24) is 47.6 Å². The summed E-state index contributed by atoms with van der Waals surface area (Å²) in [5.41, 5.74) is 6.48. The van der Waals surface area contributed by atoms with Crippen molar-refractivity contribution in [3.8, 4) is 0 Å². The molecule has 82 heavy (non-hydrogen) atoms. The van der Waals surface area contributed by atoms with Crippen LogP contribution in [0.1, 0.15) is 45.7 Å². The summed E-state index contributed by atoms with van der Waals surface area (Å²) in [6.45, 7) is -0.191. The average molecular weight is 1180 g/mol. The van der Waals surface area contributed by atoms with Crippen LogP contribution in [0.3, 0.4) is 0 Å². The number of nitrogens with two attached hydrogens (primary N) is 1. The van der Waals surface area contributed by atoms with Gasteiger partial charge >= 0.3 is 31.6 Å². The van der Waals surface area contributed by atoms with Crippen LogP contribution in [0.25, 0.3) is 0 Å². The van der Waals surface area contributed by atoms with Gasteiger partial charge in [-0.25, -0.2) is 4.57 Å². The smallest absolute Gasteiger partial charge is 0.407 e. The van der Waals surface area contributed by atoms with Crippen LogP contribution in [0.5, 0.6) is 0 Å². The first-order chi connectivity index (χ1) is 38.7. The normalized spacial score (nSPS) is 19.4. The number of carbonyl (C=O) groups excluding carboxylic acids is 11. The standard InChI is InChI=1S/C49H69N10O22P/c1-25(52-45(71)32(54-38(66)19-50)17-30-13-9-7-10-14-30)43(69)58-36(23-78-82(75,76-6)59-49-40(53-26(2)62)42(80-29(5)65)41(79-28(4)64)37(81-49)24-77-27(3)63)48(74)55-33(18-31-15-11-8-12-16-31)46(72)57-35(22-61)47(73)56-34(21-60)44(70)51-20-39(67)68/h7-16,25,32-37,40-42,49,60-61H,17-24,50H2,1-6H3,(H,51,70)(H,52,71)(H,53,62)(H,54,66)(H,55,74)(H,56,73)(H,57,72)(H,58,69)(H,59,75)(H,67,68)/t25-,32-,33-,34-,35-,36-,37+,40+,41+,42+,49+,82?/m0/s1. The highest BCUT2D eigenvalue weighted by molar-refractivity contribution is 7.51. The number of carbonyl (C=O) groups is 12. The van der Waals surface area contributed by atoms with Gasteiger partial charge in [-0.3, -0.25) is 62.1 Å². The highest BCUT2D eigenvalue weighted by Crippen LogP contribution is 2.45. The molecular weight excluding hydrogens is 1110 g/mol. The Kier molecular flexibility index (Phi) is 28.1. The number of carboxylic acids is 1. The summed E-state index contributed by atoms with van der Waals surface area (Å²) in [4.78, 5) is 155. The van der Waals surface area contributed by atoms with Crippen molar-refractivity contribution in [3.05, 3.63) is 71.8 Å². The lowest BCUT2D eigenvalue weighted by Gasteiger charge is -2.45. The first-order valence-corrected chi connectivity index (χ1v) is 26.6. The van der Waals surface area contributed by atoms with E-state index in [0.29, 0.717) is 11.1 Å². The largest absolute Gasteiger partial charge is 0.480 e. The maximum atomic E-state index is 14.7. The van der Waals surface area contributed by atoms with Gasteiger partial charge in [0, 0.05) is 47.6 Å². The van der Waals surface area contributed by atoms with Crippen LogP contribution in [0.4, 0.5) is 0 Å². The summed E-state index contributed by atoms with van der Waals surface area (Å²) < 4.78 is 47.7. The zero-order valence-electron chi connectivity index (χ0n) is 45.4. The Labute approximate surface area is 469 Å². The van der Waals surface area contributed by atoms with E-state index < -0.39 is 185 Å². The van der Waals surface area contributed by atoms with Gasteiger partial charge in [-0.05, 0) is 18.1 Å². The molecule has 0 radical (unpaired) electrons. The van der Waals surface area contributed by atoms with E-state index in [9.17, 15) is 72.3 Å². The van der Waals surface area contributed by atoms with Crippen LogP contribution in [0, 0.1) is 0 Å². The number of nitrogens with one attached hydrogen (secondary N) is 9. The molecule has 0 bridgehead atoms. The Hall–Kier alpha value is -7.97. The average Bonchev–Trinajstić information content (AvgIpc) is 3.63. The Morgan fingerprint density at radius 2 is 1.11 bits per heavy atom. The minimum atomic E-state index is -5.00. The Morgan fingerprint density at radius 1 is 0.634 bits per heavy atom. The molecule has 0 saturated carbocycles. The summed E-state index contributed by atoms with van der Waals surface area (Å²) in [6, 6.07) is 4.34. The lowest BCUT2D eigenvalue weighted by molar-refractivity contribution is -0.225. The van der Waals surface area contributed by atoms with E-state index in [4.69, 9.17) is 38.8 Å². The highest BCUT2D eigenvalue weighted by atomic mass is 31.2. The first kappa shape index (κ1) is 68.3. The molecular formula is C49H69N10O22P. The predicted molar refractivity (Wildman–Crippen MR) is 279 cm³/mol. The van der Waals surface area contributed by atoms with Crippen molar-refractivity contribution in [2.24, 2.45) is 5.73 Å². The van der Waals surface area contributed by atoms with Crippen LogP contribution < -0.4 is 53.4 Å². The number of aliphatic carboxylic acids is 1. The quantitative estimate of drug-likeness (QED) is 0.0185. The molecule has 33 heteroatoms. The first-order valence-electron chi connectivity index (χ1n) is 25.0. The Morgan fingerprint density at radius 3 is 1.60 bits per heavy atom. The second-order valence-electron chi connectivity index (χ2n) is 18.0. The maximum Gasteiger partial charge on any atom is 0.407 e. The summed E-state index contributed by atoms with van der Waals surface area (Å²) in [5.74, 6) is -12.6. The number of carboxylic acid groups (broad SMARTS) is 1. The number of aliphatic hydroxyl groups excluding tert-OH is 2. The number of hydrogen-bond donors (Lipinski definition) is 13. The third-order valence-electron chi connectivity index (χ3n) is 11.5. The van der Waals surface area contributed by atoms with Crippen LogP contribution in [0.15, 0.2) is 60.7 Å². The fourth-order valence-electron chi connectivity index (χ4n) is 7.63. The number of benzene rings is 2. The van der Waals surface area contributed by atoms with E-state index in [2.05, 4.69) is 42.3 Å². The van der Waals surface area contributed by atoms with Gasteiger partial charge in [-0.1, -0.05) is 60.7 Å². The van der Waals surface area contributed by atoms with Crippen LogP contribution in [0.2, 0.25) is 0 Å². The van der Waals surface area contributed by atoms with Gasteiger partial charge in [0.15, 0.2) is 12.2 Å². The van der Waals surface area contributed by atoms with Crippen molar-refractivity contribution < 1.29 is 105 Å². The molecule has 1 unspecified atom stereocenters. The fourth-order valence-corrected chi connectivity index (χ4v) is 8.80. The molecule has 1 fully saturated rings. The van der Waals surface area contributed by atoms with E-state index >= 15 is 0 Å². The molecule has 14 N–H and O–H groups in total. The molecule has 0 spiro atoms. The van der Waals surface area contributed by atoms with Gasteiger partial charge in [0.1, 0.15) is 67.8 Å². The van der Waals surface area contributed by atoms with Gasteiger partial charge in [-0.2, -0.15) is 5.09 Å². The lowest BCUT2D eigenvalue weighted by atomic mass is 9.95. The molecule has 8 amide bonds. The van der Waals surface area contributed by atoms with Crippen molar-refractivity contribution in [3.63, 3.8) is 0 Å². The molecule has 12 atom stereocenters. The highest BCUT2D eigenvalue weighted by Gasteiger charge is 2.53. The van der Waals surface area contributed by atoms with Gasteiger partial charge < -0.3 is 87.1 Å². The summed E-state index contributed by atoms with van der Waals surface area (Å²) in [6.07, 6.45) is -7.07. The number of rotatable bonds is 32. The Bertz CT molecular complexity index is 2620. The van der Waals surface area contributed by atoms with Crippen LogP contribution in [-0.4, -0.2) is 200 Å². The van der Waals surface area contributed by atoms with Crippen LogP contribution >= 0.6 is 7.75 Å². The molecule has 0 aromatic heterocycles. The van der Waals surface area contributed by atoms with Crippen molar-refractivity contribution in [1.29, 1.82) is 0 Å². The number of amides is 8. The third kappa shape index (κ3) is 22.9. The molecule has 452 valence electrons. The SMILES string of the molecule is COP(=O)(N[C@@H]1O[C@H](COC(C)=O)[C@@H](OC(C)=O)[C@H](OC(C)=O)[C@H]1NC(C)=O)OC[C@H](NC(=O)[C@H](C)NC(=O)[C@H](Cc1ccccc1)NC(=O)CN)C(=O)N[C@@H](Cc1ccccc1)C(=O)N[C@@H](CO)C(=O)N[C@@H](CO)C(=O)NCC(=O)O. The Balaban J connectivity index is 2.09. The van der Waals surface area contributed by atoms with Crippen molar-refractivity contribution >= 4 is 78.9 Å². The van der Waals surface area contributed by atoms with Crippen LogP contribution in [-0.2, 0) is 103 Å². The molecule has 1 aliphatic rings. The molecule has 2 aromatic rings. The minimum absolute atomic E-state index is 0.0667. The van der Waals surface area contributed by atoms with E-state index in [1.54, 1.807) is 48.5 Å². The molecule has 0 aliphatic carbocycles. The van der Waals surface area contributed by atoms with Gasteiger partial charge in [-0.15, -0.1) is 0 Å². The second kappa shape index (κ2) is 33.7. The number of esters is 3. The molecule has 2 aromatic carbocycles. The molecule has 1 aliphatic heterocycles. The molecule has 3 rings (SSSR count).